The molecule has 2 aliphatic carbocycles. The summed E-state index contributed by atoms with van der Waals surface area (Å²) in [6, 6.07) is 2.08. The fourth-order valence-corrected chi connectivity index (χ4v) is 6.00. The van der Waals surface area contributed by atoms with Gasteiger partial charge in [0.1, 0.15) is 5.76 Å². The minimum atomic E-state index is -3.00. The summed E-state index contributed by atoms with van der Waals surface area (Å²) in [6.07, 6.45) is 2.61. The first kappa shape index (κ1) is 24.9. The van der Waals surface area contributed by atoms with Crippen molar-refractivity contribution in [1.29, 1.82) is 0 Å². The average molecular weight is 495 g/mol. The number of alkyl halides is 2. The number of piperidine rings is 1. The van der Waals surface area contributed by atoms with E-state index >= 15 is 8.78 Å². The Kier molecular flexibility index (Phi) is 6.85. The number of hydrogen-bond donors (Lipinski definition) is 0. The van der Waals surface area contributed by atoms with Crippen molar-refractivity contribution < 1.29 is 22.8 Å². The predicted molar refractivity (Wildman–Crippen MR) is 128 cm³/mol. The van der Waals surface area contributed by atoms with Crippen molar-refractivity contribution in [3.63, 3.8) is 0 Å². The highest BCUT2D eigenvalue weighted by molar-refractivity contribution is 5.68. The maximum atomic E-state index is 15.1. The van der Waals surface area contributed by atoms with E-state index in [1.54, 1.807) is 4.90 Å². The predicted octanol–water partition coefficient (Wildman–Crippen LogP) is 4.62. The van der Waals surface area contributed by atoms with Crippen LogP contribution in [0.3, 0.4) is 0 Å². The maximum absolute atomic E-state index is 15.1. The van der Waals surface area contributed by atoms with Crippen LogP contribution in [-0.4, -0.2) is 89.3 Å². The molecule has 0 aromatic carbocycles. The molecule has 2 saturated heterocycles. The van der Waals surface area contributed by atoms with E-state index in [0.717, 1.165) is 50.5 Å². The molecule has 2 atom stereocenters. The van der Waals surface area contributed by atoms with Gasteiger partial charge in [0.2, 0.25) is 0 Å². The Bertz CT molecular complexity index is 887. The van der Waals surface area contributed by atoms with Gasteiger partial charge in [0.25, 0.3) is 5.92 Å². The second-order valence-electron chi connectivity index (χ2n) is 11.6. The Morgan fingerprint density at radius 2 is 1.77 bits per heavy atom. The molecule has 0 unspecified atom stereocenters. The minimum absolute atomic E-state index is 0.180. The summed E-state index contributed by atoms with van der Waals surface area (Å²) in [5, 5.41) is 4.32. The van der Waals surface area contributed by atoms with E-state index in [0.29, 0.717) is 50.7 Å². The topological polar surface area (TPSA) is 62.1 Å². The molecule has 2 aliphatic heterocycles. The molecule has 35 heavy (non-hydrogen) atoms. The Morgan fingerprint density at radius 1 is 1.09 bits per heavy atom. The van der Waals surface area contributed by atoms with E-state index < -0.39 is 24.2 Å². The fourth-order valence-electron chi connectivity index (χ4n) is 6.00. The first-order chi connectivity index (χ1) is 16.7. The van der Waals surface area contributed by atoms with Crippen molar-refractivity contribution in [2.24, 2.45) is 0 Å². The third-order valence-corrected chi connectivity index (χ3v) is 8.80. The standard InChI is InChI=1S/C26H40F2N4O3/c1-18(2)30-13-15-31(16-14-30)20-5-4-8-26(27,28)23(20)34-24(33)32-11-9-25(3,10-12-32)22-17-21(35-29-22)19-6-7-19/h17-20,23H,4-16H2,1-3H3/t20-,23+/m0/s1. The third kappa shape index (κ3) is 5.22. The lowest BCUT2D eigenvalue weighted by atomic mass is 9.77. The molecule has 9 heteroatoms. The number of ether oxygens (including phenoxy) is 1. The molecule has 1 aromatic rings. The van der Waals surface area contributed by atoms with Crippen LogP contribution < -0.4 is 0 Å². The first-order valence-electron chi connectivity index (χ1n) is 13.4. The number of halogens is 2. The Balaban J connectivity index is 1.20. The van der Waals surface area contributed by atoms with E-state index in [9.17, 15) is 4.79 Å². The van der Waals surface area contributed by atoms with Crippen LogP contribution in [0, 0.1) is 0 Å². The second-order valence-corrected chi connectivity index (χ2v) is 11.6. The summed E-state index contributed by atoms with van der Waals surface area (Å²) in [5.74, 6) is -1.53. The van der Waals surface area contributed by atoms with Crippen molar-refractivity contribution >= 4 is 6.09 Å². The van der Waals surface area contributed by atoms with Crippen molar-refractivity contribution in [3.8, 4) is 0 Å². The summed E-state index contributed by atoms with van der Waals surface area (Å²) >= 11 is 0. The van der Waals surface area contributed by atoms with Crippen LogP contribution in [-0.2, 0) is 10.2 Å². The van der Waals surface area contributed by atoms with Gasteiger partial charge < -0.3 is 14.2 Å². The van der Waals surface area contributed by atoms with Crippen molar-refractivity contribution in [3.05, 3.63) is 17.5 Å². The van der Waals surface area contributed by atoms with Crippen LogP contribution in [0.4, 0.5) is 13.6 Å². The second kappa shape index (κ2) is 9.61. The highest BCUT2D eigenvalue weighted by Gasteiger charge is 2.52. The van der Waals surface area contributed by atoms with E-state index in [-0.39, 0.29) is 11.8 Å². The molecule has 0 bridgehead atoms. The van der Waals surface area contributed by atoms with Crippen LogP contribution in [0.5, 0.6) is 0 Å². The molecule has 0 spiro atoms. The largest absolute Gasteiger partial charge is 0.438 e. The van der Waals surface area contributed by atoms with Crippen LogP contribution in [0.2, 0.25) is 0 Å². The fraction of sp³-hybridized carbons (Fsp3) is 0.846. The number of carbonyl (C=O) groups excluding carboxylic acids is 1. The molecule has 1 aromatic heterocycles. The maximum Gasteiger partial charge on any atom is 0.410 e. The number of likely N-dealkylation sites (tertiary alicyclic amines) is 1. The highest BCUT2D eigenvalue weighted by atomic mass is 19.3. The Hall–Kier alpha value is -1.74. The van der Waals surface area contributed by atoms with Crippen LogP contribution >= 0.6 is 0 Å². The molecule has 2 saturated carbocycles. The molecule has 0 N–H and O–H groups in total. The molecule has 7 nitrogen and oxygen atoms in total. The van der Waals surface area contributed by atoms with Crippen LogP contribution in [0.1, 0.15) is 83.1 Å². The summed E-state index contributed by atoms with van der Waals surface area (Å²) in [6.45, 7) is 10.6. The number of rotatable bonds is 5. The van der Waals surface area contributed by atoms with E-state index in [4.69, 9.17) is 9.26 Å². The summed E-state index contributed by atoms with van der Waals surface area (Å²) in [7, 11) is 0. The van der Waals surface area contributed by atoms with Crippen molar-refractivity contribution in [2.45, 2.75) is 101 Å². The zero-order valence-electron chi connectivity index (χ0n) is 21.3. The first-order valence-corrected chi connectivity index (χ1v) is 13.4. The molecule has 5 rings (SSSR count). The van der Waals surface area contributed by atoms with E-state index in [2.05, 4.69) is 41.8 Å². The van der Waals surface area contributed by atoms with Gasteiger partial charge in [0, 0.05) is 69.1 Å². The molecule has 196 valence electrons. The number of nitrogens with zero attached hydrogens (tertiary/aromatic N) is 4. The molecular weight excluding hydrogens is 454 g/mol. The van der Waals surface area contributed by atoms with Gasteiger partial charge in [-0.3, -0.25) is 9.80 Å². The zero-order chi connectivity index (χ0) is 24.8. The summed E-state index contributed by atoms with van der Waals surface area (Å²) in [5.41, 5.74) is 0.757. The summed E-state index contributed by atoms with van der Waals surface area (Å²) < 4.78 is 41.3. The van der Waals surface area contributed by atoms with E-state index in [1.165, 1.54) is 0 Å². The van der Waals surface area contributed by atoms with Crippen molar-refractivity contribution in [1.82, 2.24) is 19.9 Å². The lowest BCUT2D eigenvalue weighted by molar-refractivity contribution is -0.170. The average Bonchev–Trinajstić information content (AvgIpc) is 3.56. The molecule has 0 radical (unpaired) electrons. The Morgan fingerprint density at radius 3 is 2.40 bits per heavy atom. The van der Waals surface area contributed by atoms with Crippen LogP contribution in [0.25, 0.3) is 0 Å². The number of piperazine rings is 1. The molecule has 4 fully saturated rings. The number of carbonyl (C=O) groups is 1. The van der Waals surface area contributed by atoms with E-state index in [1.807, 2.05) is 0 Å². The normalized spacial score (nSPS) is 29.9. The van der Waals surface area contributed by atoms with Gasteiger partial charge in [-0.2, -0.15) is 0 Å². The minimum Gasteiger partial charge on any atom is -0.438 e. The quantitative estimate of drug-likeness (QED) is 0.595. The third-order valence-electron chi connectivity index (χ3n) is 8.80. The van der Waals surface area contributed by atoms with Gasteiger partial charge in [-0.05, 0) is 52.4 Å². The number of hydrogen-bond acceptors (Lipinski definition) is 6. The molecule has 4 aliphatic rings. The van der Waals surface area contributed by atoms with Crippen LogP contribution in [0.15, 0.2) is 10.6 Å². The molecular formula is C26H40F2N4O3. The van der Waals surface area contributed by atoms with Gasteiger partial charge in [-0.15, -0.1) is 0 Å². The number of aromatic nitrogens is 1. The van der Waals surface area contributed by atoms with Gasteiger partial charge in [-0.25, -0.2) is 13.6 Å². The molecule has 3 heterocycles. The Labute approximate surface area is 207 Å². The van der Waals surface area contributed by atoms with Gasteiger partial charge in [0.05, 0.1) is 11.7 Å². The zero-order valence-corrected chi connectivity index (χ0v) is 21.3. The number of amides is 1. The van der Waals surface area contributed by atoms with Gasteiger partial charge >= 0.3 is 6.09 Å². The van der Waals surface area contributed by atoms with Crippen molar-refractivity contribution in [2.75, 3.05) is 39.3 Å². The highest BCUT2D eigenvalue weighted by Crippen LogP contribution is 2.43. The SMILES string of the molecule is CC(C)N1CCN([C@H]2CCCC(F)(F)[C@@H]2OC(=O)N2CCC(C)(c3cc(C4CC4)on3)CC2)CC1. The lowest BCUT2D eigenvalue weighted by Gasteiger charge is -2.47. The monoisotopic (exact) mass is 494 g/mol. The summed E-state index contributed by atoms with van der Waals surface area (Å²) in [4.78, 5) is 19.2. The lowest BCUT2D eigenvalue weighted by Crippen LogP contribution is -2.61. The van der Waals surface area contributed by atoms with Gasteiger partial charge in [0.15, 0.2) is 6.10 Å². The molecule has 1 amide bonds. The smallest absolute Gasteiger partial charge is 0.410 e. The van der Waals surface area contributed by atoms with Gasteiger partial charge in [-0.1, -0.05) is 12.1 Å².